The average molecular weight is 426 g/mol. The monoisotopic (exact) mass is 425 g/mol. The summed E-state index contributed by atoms with van der Waals surface area (Å²) < 4.78 is 0. The topological polar surface area (TPSA) is 23.1 Å². The van der Waals surface area contributed by atoms with Crippen molar-refractivity contribution in [3.63, 3.8) is 0 Å². The molecule has 0 fully saturated rings. The van der Waals surface area contributed by atoms with E-state index in [1.54, 1.807) is 0 Å². The number of allylic oxidation sites excluding steroid dienone is 11. The fourth-order valence-electron chi connectivity index (χ4n) is 3.35. The molecule has 31 heavy (non-hydrogen) atoms. The minimum atomic E-state index is -0.0743. The first-order valence-corrected chi connectivity index (χ1v) is 12.2. The number of unbranched alkanes of at least 4 members (excludes halogenated alkanes) is 1. The molecule has 0 rings (SSSR count). The Balaban J connectivity index is 4.07. The van der Waals surface area contributed by atoms with Crippen molar-refractivity contribution in [3.05, 3.63) is 69.9 Å². The highest BCUT2D eigenvalue weighted by molar-refractivity contribution is 5.08. The lowest BCUT2D eigenvalue weighted by atomic mass is 10.0. The Morgan fingerprint density at radius 2 is 0.710 bits per heavy atom. The molecule has 0 bridgehead atoms. The van der Waals surface area contributed by atoms with Crippen LogP contribution < -0.4 is 5.11 Å². The van der Waals surface area contributed by atoms with Crippen molar-refractivity contribution in [1.82, 2.24) is 0 Å². The second-order valence-corrected chi connectivity index (χ2v) is 9.41. The smallest absolute Gasteiger partial charge is 0.0288 e. The molecule has 0 aliphatic rings. The lowest BCUT2D eigenvalue weighted by Crippen LogP contribution is -2.05. The van der Waals surface area contributed by atoms with Crippen LogP contribution in [0.3, 0.4) is 0 Å². The molecule has 0 aromatic heterocycles. The third-order valence-corrected chi connectivity index (χ3v) is 5.57. The Labute approximate surface area is 194 Å². The van der Waals surface area contributed by atoms with Crippen LogP contribution in [0.15, 0.2) is 69.9 Å². The zero-order valence-electron chi connectivity index (χ0n) is 21.7. The van der Waals surface area contributed by atoms with Crippen LogP contribution in [0, 0.1) is 0 Å². The molecule has 0 N–H and O–H groups in total. The van der Waals surface area contributed by atoms with Crippen LogP contribution in [0.5, 0.6) is 0 Å². The van der Waals surface area contributed by atoms with Crippen LogP contribution in [0.25, 0.3) is 0 Å². The second-order valence-electron chi connectivity index (χ2n) is 9.41. The van der Waals surface area contributed by atoms with E-state index >= 15 is 0 Å². The van der Waals surface area contributed by atoms with Crippen LogP contribution in [-0.2, 0) is 0 Å². The van der Waals surface area contributed by atoms with E-state index < -0.39 is 0 Å². The highest BCUT2D eigenvalue weighted by Crippen LogP contribution is 2.14. The quantitative estimate of drug-likeness (QED) is 0.179. The zero-order chi connectivity index (χ0) is 23.5. The van der Waals surface area contributed by atoms with Gasteiger partial charge in [-0.1, -0.05) is 69.9 Å². The average Bonchev–Trinajstić information content (AvgIpc) is 2.70. The van der Waals surface area contributed by atoms with Gasteiger partial charge in [0.1, 0.15) is 0 Å². The molecular formula is C30H49O-. The molecule has 0 heterocycles. The van der Waals surface area contributed by atoms with E-state index in [1.807, 2.05) is 6.92 Å². The van der Waals surface area contributed by atoms with Crippen molar-refractivity contribution in [1.29, 1.82) is 0 Å². The normalized spacial score (nSPS) is 14.3. The Hall–Kier alpha value is -1.60. The number of rotatable bonds is 16. The van der Waals surface area contributed by atoms with Crippen LogP contribution in [0.1, 0.15) is 113 Å². The third-order valence-electron chi connectivity index (χ3n) is 5.57. The highest BCUT2D eigenvalue weighted by Gasteiger charge is 1.94. The molecule has 0 spiro atoms. The first-order valence-electron chi connectivity index (χ1n) is 12.2. The summed E-state index contributed by atoms with van der Waals surface area (Å²) in [5.74, 6) is 0. The standard InChI is InChI=1S/C30H49O/c1-25(2)14-10-17-28(5)20-11-18-26(3)15-8-9-16-27(4)19-12-21-29(6)22-13-23-30(7)24-31/h14-16,20-21,23H,8-13,17-19,22,24H2,1-7H3/q-1/b26-15+,27-16+,28-20+,29-21+,30-23?. The second kappa shape index (κ2) is 19.1. The summed E-state index contributed by atoms with van der Waals surface area (Å²) in [6.07, 6.45) is 25.3. The number of hydrogen-bond acceptors (Lipinski definition) is 1. The summed E-state index contributed by atoms with van der Waals surface area (Å²) >= 11 is 0. The summed E-state index contributed by atoms with van der Waals surface area (Å²) in [4.78, 5) is 0. The van der Waals surface area contributed by atoms with E-state index in [9.17, 15) is 5.11 Å². The lowest BCUT2D eigenvalue weighted by molar-refractivity contribution is -0.355. The van der Waals surface area contributed by atoms with Crippen LogP contribution in [-0.4, -0.2) is 6.61 Å². The first kappa shape index (κ1) is 29.4. The number of hydrogen-bond donors (Lipinski definition) is 0. The summed E-state index contributed by atoms with van der Waals surface area (Å²) in [5, 5.41) is 10.7. The van der Waals surface area contributed by atoms with Gasteiger partial charge in [-0.05, 0) is 113 Å². The molecule has 0 aliphatic carbocycles. The predicted molar refractivity (Wildman–Crippen MR) is 139 cm³/mol. The van der Waals surface area contributed by atoms with Gasteiger partial charge in [0.15, 0.2) is 0 Å². The van der Waals surface area contributed by atoms with Gasteiger partial charge >= 0.3 is 0 Å². The van der Waals surface area contributed by atoms with Gasteiger partial charge in [-0.15, -0.1) is 6.61 Å². The van der Waals surface area contributed by atoms with E-state index in [0.717, 1.165) is 50.5 Å². The van der Waals surface area contributed by atoms with Gasteiger partial charge in [0.25, 0.3) is 0 Å². The molecule has 0 saturated carbocycles. The fraction of sp³-hybridized carbons (Fsp3) is 0.600. The molecule has 0 aromatic rings. The molecule has 0 saturated heterocycles. The van der Waals surface area contributed by atoms with Crippen LogP contribution in [0.2, 0.25) is 0 Å². The van der Waals surface area contributed by atoms with Crippen molar-refractivity contribution in [2.75, 3.05) is 6.61 Å². The SMILES string of the molecule is CC(C)=CCC/C(C)=C/CC/C(C)=C/CC/C=C(\C)CC/C=C(\C)CCC=C(C)C[O-]. The van der Waals surface area contributed by atoms with Crippen molar-refractivity contribution in [3.8, 4) is 0 Å². The maximum Gasteiger partial charge on any atom is -0.0288 e. The molecule has 176 valence electrons. The summed E-state index contributed by atoms with van der Waals surface area (Å²) in [6, 6.07) is 0. The van der Waals surface area contributed by atoms with Crippen molar-refractivity contribution < 1.29 is 5.11 Å². The minimum absolute atomic E-state index is 0.0743. The molecule has 0 unspecified atom stereocenters. The van der Waals surface area contributed by atoms with Gasteiger partial charge in [0.2, 0.25) is 0 Å². The van der Waals surface area contributed by atoms with Gasteiger partial charge < -0.3 is 5.11 Å². The highest BCUT2D eigenvalue weighted by atomic mass is 16.3. The van der Waals surface area contributed by atoms with Gasteiger partial charge in [-0.2, -0.15) is 0 Å². The Morgan fingerprint density at radius 1 is 0.419 bits per heavy atom. The third kappa shape index (κ3) is 20.1. The molecule has 0 atom stereocenters. The minimum Gasteiger partial charge on any atom is -0.851 e. The maximum absolute atomic E-state index is 10.7. The summed E-state index contributed by atoms with van der Waals surface area (Å²) in [7, 11) is 0. The van der Waals surface area contributed by atoms with Gasteiger partial charge in [-0.25, -0.2) is 0 Å². The van der Waals surface area contributed by atoms with Gasteiger partial charge in [0, 0.05) is 0 Å². The lowest BCUT2D eigenvalue weighted by Gasteiger charge is -2.04. The maximum atomic E-state index is 10.7. The van der Waals surface area contributed by atoms with E-state index in [-0.39, 0.29) is 6.61 Å². The van der Waals surface area contributed by atoms with Crippen LogP contribution in [0.4, 0.5) is 0 Å². The Morgan fingerprint density at radius 3 is 1.03 bits per heavy atom. The first-order chi connectivity index (χ1) is 14.7. The van der Waals surface area contributed by atoms with Crippen molar-refractivity contribution in [2.24, 2.45) is 0 Å². The molecule has 0 radical (unpaired) electrons. The van der Waals surface area contributed by atoms with E-state index in [0.29, 0.717) is 0 Å². The van der Waals surface area contributed by atoms with Crippen molar-refractivity contribution >= 4 is 0 Å². The molecular weight excluding hydrogens is 376 g/mol. The predicted octanol–water partition coefficient (Wildman–Crippen LogP) is 8.95. The Bertz CT molecular complexity index is 661. The Kier molecular flexibility index (Phi) is 18.1. The van der Waals surface area contributed by atoms with Crippen molar-refractivity contribution in [2.45, 2.75) is 113 Å². The molecule has 1 heteroatoms. The van der Waals surface area contributed by atoms with Gasteiger partial charge in [-0.3, -0.25) is 0 Å². The van der Waals surface area contributed by atoms with Crippen LogP contribution >= 0.6 is 0 Å². The summed E-state index contributed by atoms with van der Waals surface area (Å²) in [6.45, 7) is 15.2. The molecule has 0 aromatic carbocycles. The fourth-order valence-corrected chi connectivity index (χ4v) is 3.35. The molecule has 0 aliphatic heterocycles. The zero-order valence-corrected chi connectivity index (χ0v) is 21.7. The molecule has 1 nitrogen and oxygen atoms in total. The summed E-state index contributed by atoms with van der Waals surface area (Å²) in [5.41, 5.74) is 8.33. The largest absolute Gasteiger partial charge is 0.851 e. The molecule has 0 amide bonds. The van der Waals surface area contributed by atoms with Gasteiger partial charge in [0.05, 0.1) is 0 Å². The van der Waals surface area contributed by atoms with E-state index in [1.165, 1.54) is 47.1 Å². The van der Waals surface area contributed by atoms with E-state index in [4.69, 9.17) is 0 Å². The van der Waals surface area contributed by atoms with E-state index in [2.05, 4.69) is 78.0 Å².